The molecule has 0 rings (SSSR count). The SMILES string of the molecule is CCCCCCCC/C=C\CCCCCCCC(=O)OC(C)N(C)C(C)O. The number of hydrogen-bond donors (Lipinski definition) is 1. The molecule has 0 saturated heterocycles. The van der Waals surface area contributed by atoms with Gasteiger partial charge in [0.2, 0.25) is 0 Å². The second-order valence-corrected chi connectivity index (χ2v) is 7.72. The van der Waals surface area contributed by atoms with Crippen molar-refractivity contribution in [3.63, 3.8) is 0 Å². The van der Waals surface area contributed by atoms with E-state index in [2.05, 4.69) is 19.1 Å². The number of esters is 1. The molecule has 0 radical (unpaired) electrons. The van der Waals surface area contributed by atoms with Crippen LogP contribution in [-0.4, -0.2) is 35.5 Å². The highest BCUT2D eigenvalue weighted by atomic mass is 16.6. The Bertz CT molecular complexity index is 369. The number of nitrogens with zero attached hydrogens (tertiary/aromatic N) is 1. The number of hydrogen-bond acceptors (Lipinski definition) is 4. The molecule has 0 aliphatic carbocycles. The molecule has 0 aromatic rings. The molecule has 0 amide bonds. The van der Waals surface area contributed by atoms with Gasteiger partial charge in [0.15, 0.2) is 6.23 Å². The van der Waals surface area contributed by atoms with E-state index in [1.165, 1.54) is 70.6 Å². The molecule has 0 saturated carbocycles. The maximum absolute atomic E-state index is 11.8. The highest BCUT2D eigenvalue weighted by molar-refractivity contribution is 5.69. The molecule has 4 nitrogen and oxygen atoms in total. The third-order valence-corrected chi connectivity index (χ3v) is 5.11. The monoisotopic (exact) mass is 383 g/mol. The molecule has 2 unspecified atom stereocenters. The maximum Gasteiger partial charge on any atom is 0.307 e. The van der Waals surface area contributed by atoms with Crippen LogP contribution in [0, 0.1) is 0 Å². The molecular formula is C23H45NO3. The van der Waals surface area contributed by atoms with Crippen LogP contribution in [0.3, 0.4) is 0 Å². The molecule has 0 aliphatic rings. The number of ether oxygens (including phenoxy) is 1. The molecule has 0 bridgehead atoms. The molecule has 4 heteroatoms. The zero-order chi connectivity index (χ0) is 20.3. The van der Waals surface area contributed by atoms with Gasteiger partial charge in [-0.3, -0.25) is 4.79 Å². The lowest BCUT2D eigenvalue weighted by Crippen LogP contribution is -2.39. The highest BCUT2D eigenvalue weighted by Gasteiger charge is 2.17. The number of aliphatic hydroxyl groups excluding tert-OH is 1. The molecule has 0 fully saturated rings. The van der Waals surface area contributed by atoms with Crippen LogP contribution < -0.4 is 0 Å². The van der Waals surface area contributed by atoms with E-state index in [1.54, 1.807) is 25.8 Å². The van der Waals surface area contributed by atoms with Gasteiger partial charge in [-0.2, -0.15) is 0 Å². The predicted octanol–water partition coefficient (Wildman–Crippen LogP) is 6.18. The van der Waals surface area contributed by atoms with Crippen LogP contribution in [0.15, 0.2) is 12.2 Å². The fraction of sp³-hybridized carbons (Fsp3) is 0.870. The smallest absolute Gasteiger partial charge is 0.307 e. The zero-order valence-electron chi connectivity index (χ0n) is 18.4. The van der Waals surface area contributed by atoms with Gasteiger partial charge < -0.3 is 9.84 Å². The van der Waals surface area contributed by atoms with Crippen LogP contribution in [0.2, 0.25) is 0 Å². The molecular weight excluding hydrogens is 338 g/mol. The molecule has 27 heavy (non-hydrogen) atoms. The van der Waals surface area contributed by atoms with Gasteiger partial charge in [0.25, 0.3) is 0 Å². The molecule has 0 spiro atoms. The summed E-state index contributed by atoms with van der Waals surface area (Å²) >= 11 is 0. The van der Waals surface area contributed by atoms with E-state index in [1.807, 2.05) is 0 Å². The van der Waals surface area contributed by atoms with Crippen LogP contribution in [0.25, 0.3) is 0 Å². The molecule has 2 atom stereocenters. The Labute approximate surface area is 168 Å². The van der Waals surface area contributed by atoms with Crippen molar-refractivity contribution in [2.24, 2.45) is 0 Å². The first kappa shape index (κ1) is 26.1. The van der Waals surface area contributed by atoms with E-state index in [4.69, 9.17) is 4.74 Å². The number of aliphatic hydroxyl groups is 1. The fourth-order valence-electron chi connectivity index (χ4n) is 2.98. The number of rotatable bonds is 18. The number of allylic oxidation sites excluding steroid dienone is 2. The average Bonchev–Trinajstić information content (AvgIpc) is 2.64. The third-order valence-electron chi connectivity index (χ3n) is 5.11. The third kappa shape index (κ3) is 17.0. The summed E-state index contributed by atoms with van der Waals surface area (Å²) in [5, 5.41) is 9.45. The zero-order valence-corrected chi connectivity index (χ0v) is 18.4. The van der Waals surface area contributed by atoms with Crippen molar-refractivity contribution < 1.29 is 14.6 Å². The van der Waals surface area contributed by atoms with Gasteiger partial charge in [0, 0.05) is 6.42 Å². The lowest BCUT2D eigenvalue weighted by molar-refractivity contribution is -0.164. The number of carbonyl (C=O) groups is 1. The Balaban J connectivity index is 3.39. The summed E-state index contributed by atoms with van der Waals surface area (Å²) in [6.07, 6.45) is 20.4. The van der Waals surface area contributed by atoms with Crippen molar-refractivity contribution >= 4 is 5.97 Å². The van der Waals surface area contributed by atoms with Crippen LogP contribution in [0.5, 0.6) is 0 Å². The van der Waals surface area contributed by atoms with E-state index in [0.29, 0.717) is 6.42 Å². The molecule has 1 N–H and O–H groups in total. The Hall–Kier alpha value is -0.870. The molecule has 160 valence electrons. The summed E-state index contributed by atoms with van der Waals surface area (Å²) in [5.41, 5.74) is 0. The van der Waals surface area contributed by atoms with Gasteiger partial charge in [-0.15, -0.1) is 0 Å². The first-order valence-corrected chi connectivity index (χ1v) is 11.2. The minimum absolute atomic E-state index is 0.173. The van der Waals surface area contributed by atoms with Crippen LogP contribution >= 0.6 is 0 Å². The second-order valence-electron chi connectivity index (χ2n) is 7.72. The predicted molar refractivity (Wildman–Crippen MR) is 114 cm³/mol. The highest BCUT2D eigenvalue weighted by Crippen LogP contribution is 2.11. The van der Waals surface area contributed by atoms with Crippen molar-refractivity contribution in [1.29, 1.82) is 0 Å². The van der Waals surface area contributed by atoms with Crippen molar-refractivity contribution in [3.05, 3.63) is 12.2 Å². The van der Waals surface area contributed by atoms with Crippen molar-refractivity contribution in [3.8, 4) is 0 Å². The van der Waals surface area contributed by atoms with Gasteiger partial charge in [-0.05, 0) is 53.0 Å². The Kier molecular flexibility index (Phi) is 17.9. The first-order valence-electron chi connectivity index (χ1n) is 11.2. The molecule has 0 heterocycles. The summed E-state index contributed by atoms with van der Waals surface area (Å²) < 4.78 is 5.31. The first-order chi connectivity index (χ1) is 13.0. The summed E-state index contributed by atoms with van der Waals surface area (Å²) in [6, 6.07) is 0. The van der Waals surface area contributed by atoms with E-state index in [9.17, 15) is 9.90 Å². The Morgan fingerprint density at radius 1 is 0.889 bits per heavy atom. The Morgan fingerprint density at radius 3 is 1.89 bits per heavy atom. The summed E-state index contributed by atoms with van der Waals surface area (Å²) in [5.74, 6) is -0.173. The van der Waals surface area contributed by atoms with E-state index < -0.39 is 6.23 Å². The van der Waals surface area contributed by atoms with E-state index in [-0.39, 0.29) is 12.2 Å². The lowest BCUT2D eigenvalue weighted by Gasteiger charge is -2.26. The van der Waals surface area contributed by atoms with E-state index >= 15 is 0 Å². The van der Waals surface area contributed by atoms with Crippen LogP contribution in [0.4, 0.5) is 0 Å². The maximum atomic E-state index is 11.8. The van der Waals surface area contributed by atoms with Crippen molar-refractivity contribution in [1.82, 2.24) is 4.90 Å². The topological polar surface area (TPSA) is 49.8 Å². The van der Waals surface area contributed by atoms with Gasteiger partial charge in [0.1, 0.15) is 6.23 Å². The second kappa shape index (κ2) is 18.5. The van der Waals surface area contributed by atoms with Gasteiger partial charge >= 0.3 is 5.97 Å². The van der Waals surface area contributed by atoms with E-state index in [0.717, 1.165) is 12.8 Å². The van der Waals surface area contributed by atoms with Crippen LogP contribution in [0.1, 0.15) is 111 Å². The lowest BCUT2D eigenvalue weighted by atomic mass is 10.1. The van der Waals surface area contributed by atoms with Gasteiger partial charge in [0.05, 0.1) is 0 Å². The standard InChI is InChI=1S/C23H45NO3/c1-5-6-7-8-9-10-11-12-13-14-15-16-17-18-19-20-23(26)27-22(3)24(4)21(2)25/h12-13,21-22,25H,5-11,14-20H2,1-4H3/b13-12-. The van der Waals surface area contributed by atoms with Gasteiger partial charge in [-0.25, -0.2) is 4.90 Å². The summed E-state index contributed by atoms with van der Waals surface area (Å²) in [6.45, 7) is 5.70. The van der Waals surface area contributed by atoms with Gasteiger partial charge in [-0.1, -0.05) is 70.4 Å². The minimum Gasteiger partial charge on any atom is -0.447 e. The fourth-order valence-corrected chi connectivity index (χ4v) is 2.98. The number of unbranched alkanes of at least 4 members (excludes halogenated alkanes) is 11. The van der Waals surface area contributed by atoms with Crippen molar-refractivity contribution in [2.75, 3.05) is 7.05 Å². The molecule has 0 aromatic carbocycles. The molecule has 0 aliphatic heterocycles. The summed E-state index contributed by atoms with van der Waals surface area (Å²) in [7, 11) is 1.74. The molecule has 0 aromatic heterocycles. The summed E-state index contributed by atoms with van der Waals surface area (Å²) in [4.78, 5) is 13.4. The quantitative estimate of drug-likeness (QED) is 0.133. The minimum atomic E-state index is -0.618. The normalized spacial score (nSPS) is 14.0. The Morgan fingerprint density at radius 2 is 1.37 bits per heavy atom. The van der Waals surface area contributed by atoms with Crippen molar-refractivity contribution in [2.45, 2.75) is 123 Å². The largest absolute Gasteiger partial charge is 0.447 e. The number of carbonyl (C=O) groups excluding carboxylic acids is 1. The van der Waals surface area contributed by atoms with Crippen LogP contribution in [-0.2, 0) is 9.53 Å². The average molecular weight is 384 g/mol.